The molecule has 6 nitrogen and oxygen atoms in total. The molecular weight excluding hydrogens is 236 g/mol. The van der Waals surface area contributed by atoms with Gasteiger partial charge in [-0.25, -0.2) is 0 Å². The molecule has 0 unspecified atom stereocenters. The highest BCUT2D eigenvalue weighted by Crippen LogP contribution is 1.98. The van der Waals surface area contributed by atoms with Crippen LogP contribution in [0.4, 0.5) is 0 Å². The molecule has 0 radical (unpaired) electrons. The minimum atomic E-state index is -0.397. The Morgan fingerprint density at radius 3 is 2.33 bits per heavy atom. The third-order valence-corrected chi connectivity index (χ3v) is 2.10. The van der Waals surface area contributed by atoms with Crippen molar-refractivity contribution >= 4 is 17.8 Å². The summed E-state index contributed by atoms with van der Waals surface area (Å²) in [7, 11) is 1.54. The number of hydrogen-bond donors (Lipinski definition) is 1. The Hall–Kier alpha value is -1.59. The summed E-state index contributed by atoms with van der Waals surface area (Å²) in [4.78, 5) is 35.4. The molecule has 0 aliphatic heterocycles. The first kappa shape index (κ1) is 16.4. The van der Waals surface area contributed by atoms with Gasteiger partial charge in [-0.2, -0.15) is 0 Å². The smallest absolute Gasteiger partial charge is 0.306 e. The van der Waals surface area contributed by atoms with Crippen LogP contribution in [-0.4, -0.2) is 48.9 Å². The van der Waals surface area contributed by atoms with E-state index in [9.17, 15) is 14.4 Å². The maximum Gasteiger partial charge on any atom is 0.306 e. The molecule has 0 aromatic heterocycles. The highest BCUT2D eigenvalue weighted by molar-refractivity contribution is 5.86. The minimum Gasteiger partial charge on any atom is -0.466 e. The van der Waals surface area contributed by atoms with Gasteiger partial charge in [0, 0.05) is 19.5 Å². The summed E-state index contributed by atoms with van der Waals surface area (Å²) in [6.45, 7) is 5.71. The Morgan fingerprint density at radius 2 is 1.83 bits per heavy atom. The largest absolute Gasteiger partial charge is 0.466 e. The Bertz CT molecular complexity index is 302. The van der Waals surface area contributed by atoms with E-state index in [1.807, 2.05) is 13.8 Å². The summed E-state index contributed by atoms with van der Waals surface area (Å²) in [6, 6.07) is 0.0422. The lowest BCUT2D eigenvalue weighted by Crippen LogP contribution is -2.40. The highest BCUT2D eigenvalue weighted by Gasteiger charge is 2.15. The zero-order valence-corrected chi connectivity index (χ0v) is 11.5. The summed E-state index contributed by atoms with van der Waals surface area (Å²) < 4.78 is 4.72. The van der Waals surface area contributed by atoms with Crippen LogP contribution < -0.4 is 5.32 Å². The van der Waals surface area contributed by atoms with Crippen molar-refractivity contribution in [1.29, 1.82) is 0 Å². The van der Waals surface area contributed by atoms with E-state index in [-0.39, 0.29) is 37.2 Å². The molecule has 0 saturated heterocycles. The molecule has 0 bridgehead atoms. The molecule has 18 heavy (non-hydrogen) atoms. The predicted molar refractivity (Wildman–Crippen MR) is 66.8 cm³/mol. The average Bonchev–Trinajstić information content (AvgIpc) is 2.24. The lowest BCUT2D eigenvalue weighted by molar-refractivity contribution is -0.145. The quantitative estimate of drug-likeness (QED) is 0.667. The van der Waals surface area contributed by atoms with Crippen LogP contribution in [-0.2, 0) is 19.1 Å². The molecule has 0 aliphatic carbocycles. The normalized spacial score (nSPS) is 10.1. The van der Waals surface area contributed by atoms with Crippen LogP contribution in [0.5, 0.6) is 0 Å². The molecule has 0 rings (SSSR count). The molecule has 104 valence electrons. The van der Waals surface area contributed by atoms with Gasteiger partial charge in [-0.1, -0.05) is 0 Å². The Labute approximate surface area is 108 Å². The van der Waals surface area contributed by atoms with Crippen molar-refractivity contribution in [3.8, 4) is 0 Å². The first-order chi connectivity index (χ1) is 8.36. The lowest BCUT2D eigenvalue weighted by Gasteiger charge is -2.17. The molecule has 1 N–H and O–H groups in total. The van der Waals surface area contributed by atoms with Gasteiger partial charge in [-0.05, 0) is 20.8 Å². The second kappa shape index (κ2) is 8.49. The molecule has 0 saturated carbocycles. The molecule has 0 aromatic rings. The average molecular weight is 258 g/mol. The molecule has 0 fully saturated rings. The number of nitrogens with one attached hydrogen (secondary N) is 1. The van der Waals surface area contributed by atoms with Gasteiger partial charge < -0.3 is 15.0 Å². The van der Waals surface area contributed by atoms with E-state index in [0.717, 1.165) is 0 Å². The van der Waals surface area contributed by atoms with Crippen molar-refractivity contribution in [3.05, 3.63) is 0 Å². The standard InChI is InChI=1S/C12H22N2O4/c1-5-18-12(17)7-6-11(16)14(4)8-10(15)13-9(2)3/h9H,5-8H2,1-4H3,(H,13,15). The fraction of sp³-hybridized carbons (Fsp3) is 0.750. The number of rotatable bonds is 7. The van der Waals surface area contributed by atoms with Crippen LogP contribution in [0.2, 0.25) is 0 Å². The SMILES string of the molecule is CCOC(=O)CCC(=O)N(C)CC(=O)NC(C)C. The summed E-state index contributed by atoms with van der Waals surface area (Å²) in [6.07, 6.45) is 0.104. The van der Waals surface area contributed by atoms with Crippen LogP contribution >= 0.6 is 0 Å². The van der Waals surface area contributed by atoms with Crippen molar-refractivity contribution in [2.24, 2.45) is 0 Å². The maximum atomic E-state index is 11.6. The maximum absolute atomic E-state index is 11.6. The number of ether oxygens (including phenoxy) is 1. The Morgan fingerprint density at radius 1 is 1.22 bits per heavy atom. The van der Waals surface area contributed by atoms with E-state index < -0.39 is 5.97 Å². The molecular formula is C12H22N2O4. The Balaban J connectivity index is 3.96. The second-order valence-corrected chi connectivity index (χ2v) is 4.28. The fourth-order valence-corrected chi connectivity index (χ4v) is 1.30. The summed E-state index contributed by atoms with van der Waals surface area (Å²) in [5.74, 6) is -0.857. The van der Waals surface area contributed by atoms with Crippen molar-refractivity contribution in [2.45, 2.75) is 39.7 Å². The molecule has 0 spiro atoms. The van der Waals surface area contributed by atoms with E-state index in [0.29, 0.717) is 6.61 Å². The number of carbonyl (C=O) groups excluding carboxylic acids is 3. The number of hydrogen-bond acceptors (Lipinski definition) is 4. The van der Waals surface area contributed by atoms with Gasteiger partial charge in [0.1, 0.15) is 0 Å². The number of esters is 1. The molecule has 0 heterocycles. The first-order valence-electron chi connectivity index (χ1n) is 6.05. The van der Waals surface area contributed by atoms with E-state index in [1.54, 1.807) is 6.92 Å². The Kier molecular flexibility index (Phi) is 7.74. The molecule has 0 aromatic carbocycles. The van der Waals surface area contributed by atoms with E-state index in [4.69, 9.17) is 4.74 Å². The second-order valence-electron chi connectivity index (χ2n) is 4.28. The summed E-state index contributed by atoms with van der Waals surface area (Å²) >= 11 is 0. The van der Waals surface area contributed by atoms with E-state index in [2.05, 4.69) is 5.32 Å². The van der Waals surface area contributed by atoms with Gasteiger partial charge in [0.15, 0.2) is 0 Å². The fourth-order valence-electron chi connectivity index (χ4n) is 1.30. The van der Waals surface area contributed by atoms with Crippen LogP contribution in [0.3, 0.4) is 0 Å². The first-order valence-corrected chi connectivity index (χ1v) is 6.05. The number of likely N-dealkylation sites (N-methyl/N-ethyl adjacent to an activating group) is 1. The monoisotopic (exact) mass is 258 g/mol. The summed E-state index contributed by atoms with van der Waals surface area (Å²) in [5, 5.41) is 2.69. The van der Waals surface area contributed by atoms with Gasteiger partial charge in [-0.3, -0.25) is 14.4 Å². The van der Waals surface area contributed by atoms with Gasteiger partial charge in [0.05, 0.1) is 19.6 Å². The topological polar surface area (TPSA) is 75.7 Å². The molecule has 0 aliphatic rings. The van der Waals surface area contributed by atoms with Crippen LogP contribution in [0.25, 0.3) is 0 Å². The zero-order valence-electron chi connectivity index (χ0n) is 11.5. The zero-order chi connectivity index (χ0) is 14.1. The third-order valence-electron chi connectivity index (χ3n) is 2.10. The number of amides is 2. The van der Waals surface area contributed by atoms with Crippen molar-refractivity contribution in [2.75, 3.05) is 20.2 Å². The highest BCUT2D eigenvalue weighted by atomic mass is 16.5. The van der Waals surface area contributed by atoms with Crippen LogP contribution in [0.15, 0.2) is 0 Å². The van der Waals surface area contributed by atoms with Gasteiger partial charge in [0.2, 0.25) is 11.8 Å². The van der Waals surface area contributed by atoms with Crippen molar-refractivity contribution in [1.82, 2.24) is 10.2 Å². The van der Waals surface area contributed by atoms with E-state index >= 15 is 0 Å². The van der Waals surface area contributed by atoms with Crippen molar-refractivity contribution in [3.63, 3.8) is 0 Å². The van der Waals surface area contributed by atoms with Gasteiger partial charge >= 0.3 is 5.97 Å². The number of carbonyl (C=O) groups is 3. The van der Waals surface area contributed by atoms with Gasteiger partial charge in [0.25, 0.3) is 0 Å². The minimum absolute atomic E-state index is 0.000160. The number of nitrogens with zero attached hydrogens (tertiary/aromatic N) is 1. The van der Waals surface area contributed by atoms with Crippen molar-refractivity contribution < 1.29 is 19.1 Å². The summed E-state index contributed by atoms with van der Waals surface area (Å²) in [5.41, 5.74) is 0. The molecule has 2 amide bonds. The van der Waals surface area contributed by atoms with Crippen LogP contribution in [0.1, 0.15) is 33.6 Å². The van der Waals surface area contributed by atoms with Gasteiger partial charge in [-0.15, -0.1) is 0 Å². The molecule has 6 heteroatoms. The molecule has 0 atom stereocenters. The lowest BCUT2D eigenvalue weighted by atomic mass is 10.3. The predicted octanol–water partition coefficient (Wildman–Crippen LogP) is 0.313. The van der Waals surface area contributed by atoms with Crippen LogP contribution in [0, 0.1) is 0 Å². The third kappa shape index (κ3) is 7.65. The van der Waals surface area contributed by atoms with E-state index in [1.165, 1.54) is 11.9 Å².